The van der Waals surface area contributed by atoms with E-state index in [2.05, 4.69) is 13.2 Å². The first-order chi connectivity index (χ1) is 5.35. The molecule has 0 radical (unpaired) electrons. The van der Waals surface area contributed by atoms with E-state index in [1.807, 2.05) is 4.90 Å². The summed E-state index contributed by atoms with van der Waals surface area (Å²) < 4.78 is 4.79. The zero-order valence-corrected chi connectivity index (χ0v) is 6.70. The van der Waals surface area contributed by atoms with Gasteiger partial charge in [-0.05, 0) is 0 Å². The summed E-state index contributed by atoms with van der Waals surface area (Å²) in [6.45, 7) is 8.84. The molecule has 0 amide bonds. The summed E-state index contributed by atoms with van der Waals surface area (Å²) in [5, 5.41) is 8.35. The average molecular weight is 157 g/mol. The van der Waals surface area contributed by atoms with Crippen LogP contribution >= 0.6 is 0 Å². The monoisotopic (exact) mass is 157 g/mol. The highest BCUT2D eigenvalue weighted by Gasteiger charge is 1.97. The van der Waals surface area contributed by atoms with Crippen LogP contribution in [-0.2, 0) is 4.74 Å². The molecular formula is C8H15NO2. The van der Waals surface area contributed by atoms with Crippen LogP contribution < -0.4 is 0 Å². The van der Waals surface area contributed by atoms with Crippen LogP contribution in [-0.4, -0.2) is 36.6 Å². The Labute approximate surface area is 67.6 Å². The Morgan fingerprint density at radius 3 is 2.18 bits per heavy atom. The molecule has 0 aliphatic rings. The molecule has 64 valence electrons. The van der Waals surface area contributed by atoms with E-state index in [0.29, 0.717) is 6.73 Å². The summed E-state index contributed by atoms with van der Waals surface area (Å²) in [4.78, 5) is 1.95. The molecule has 0 atom stereocenters. The molecular weight excluding hydrogens is 142 g/mol. The summed E-state index contributed by atoms with van der Waals surface area (Å²) >= 11 is 0. The van der Waals surface area contributed by atoms with Crippen molar-refractivity contribution in [3.63, 3.8) is 0 Å². The van der Waals surface area contributed by atoms with Gasteiger partial charge in [-0.25, -0.2) is 0 Å². The SMILES string of the molecule is C=CCN(CC=C)COCO. The Hall–Kier alpha value is -0.640. The lowest BCUT2D eigenvalue weighted by atomic mass is 10.5. The van der Waals surface area contributed by atoms with E-state index in [1.165, 1.54) is 0 Å². The van der Waals surface area contributed by atoms with Gasteiger partial charge in [0.2, 0.25) is 0 Å². The van der Waals surface area contributed by atoms with Gasteiger partial charge in [-0.15, -0.1) is 13.2 Å². The van der Waals surface area contributed by atoms with Crippen LogP contribution in [0.15, 0.2) is 25.3 Å². The van der Waals surface area contributed by atoms with E-state index in [4.69, 9.17) is 9.84 Å². The summed E-state index contributed by atoms with van der Waals surface area (Å²) in [5.74, 6) is 0. The minimum absolute atomic E-state index is 0.245. The topological polar surface area (TPSA) is 32.7 Å². The van der Waals surface area contributed by atoms with Gasteiger partial charge in [-0.1, -0.05) is 12.2 Å². The fourth-order valence-electron chi connectivity index (χ4n) is 0.715. The van der Waals surface area contributed by atoms with Gasteiger partial charge in [0, 0.05) is 13.1 Å². The van der Waals surface area contributed by atoms with Gasteiger partial charge in [-0.3, -0.25) is 4.90 Å². The van der Waals surface area contributed by atoms with Crippen molar-refractivity contribution in [1.82, 2.24) is 4.90 Å². The average Bonchev–Trinajstić information content (AvgIpc) is 2.01. The Morgan fingerprint density at radius 2 is 1.82 bits per heavy atom. The smallest absolute Gasteiger partial charge is 0.145 e. The molecule has 0 spiro atoms. The van der Waals surface area contributed by atoms with E-state index in [9.17, 15) is 0 Å². The van der Waals surface area contributed by atoms with Gasteiger partial charge in [0.15, 0.2) is 0 Å². The molecule has 3 nitrogen and oxygen atoms in total. The van der Waals surface area contributed by atoms with Crippen LogP contribution in [0.3, 0.4) is 0 Å². The maximum absolute atomic E-state index is 8.35. The Bertz CT molecular complexity index is 105. The van der Waals surface area contributed by atoms with E-state index >= 15 is 0 Å². The largest absolute Gasteiger partial charge is 0.371 e. The predicted octanol–water partition coefficient (Wildman–Crippen LogP) is 0.584. The molecule has 0 bridgehead atoms. The van der Waals surface area contributed by atoms with E-state index in [0.717, 1.165) is 13.1 Å². The molecule has 0 saturated heterocycles. The second-order valence-corrected chi connectivity index (χ2v) is 2.08. The number of hydrogen-bond acceptors (Lipinski definition) is 3. The molecule has 1 N–H and O–H groups in total. The van der Waals surface area contributed by atoms with Crippen LogP contribution in [0, 0.1) is 0 Å². The van der Waals surface area contributed by atoms with Crippen LogP contribution in [0.25, 0.3) is 0 Å². The third kappa shape index (κ3) is 5.79. The lowest BCUT2D eigenvalue weighted by molar-refractivity contribution is -0.0482. The first kappa shape index (κ1) is 10.4. The van der Waals surface area contributed by atoms with Crippen molar-refractivity contribution in [2.45, 2.75) is 0 Å². The van der Waals surface area contributed by atoms with Crippen LogP contribution in [0.2, 0.25) is 0 Å². The number of hydrogen-bond donors (Lipinski definition) is 1. The first-order valence-electron chi connectivity index (χ1n) is 3.48. The highest BCUT2D eigenvalue weighted by Crippen LogP contribution is 1.88. The Balaban J connectivity index is 3.49. The molecule has 0 aliphatic carbocycles. The quantitative estimate of drug-likeness (QED) is 0.433. The van der Waals surface area contributed by atoms with Gasteiger partial charge in [-0.2, -0.15) is 0 Å². The first-order valence-corrected chi connectivity index (χ1v) is 3.48. The molecule has 11 heavy (non-hydrogen) atoms. The molecule has 0 unspecified atom stereocenters. The standard InChI is InChI=1S/C8H15NO2/c1-3-5-9(6-4-2)7-11-8-10/h3-4,10H,1-2,5-8H2. The summed E-state index contributed by atoms with van der Waals surface area (Å²) in [7, 11) is 0. The lowest BCUT2D eigenvalue weighted by Gasteiger charge is -2.17. The van der Waals surface area contributed by atoms with Gasteiger partial charge in [0.05, 0.1) is 0 Å². The van der Waals surface area contributed by atoms with Gasteiger partial charge in [0.1, 0.15) is 13.5 Å². The van der Waals surface area contributed by atoms with Gasteiger partial charge in [0.25, 0.3) is 0 Å². The maximum Gasteiger partial charge on any atom is 0.145 e. The molecule has 0 aromatic carbocycles. The minimum Gasteiger partial charge on any atom is -0.371 e. The maximum atomic E-state index is 8.35. The fourth-order valence-corrected chi connectivity index (χ4v) is 0.715. The number of ether oxygens (including phenoxy) is 1. The summed E-state index contributed by atoms with van der Waals surface area (Å²) in [6.07, 6.45) is 3.56. The summed E-state index contributed by atoms with van der Waals surface area (Å²) in [5.41, 5.74) is 0. The van der Waals surface area contributed by atoms with Crippen molar-refractivity contribution in [3.8, 4) is 0 Å². The molecule has 0 fully saturated rings. The van der Waals surface area contributed by atoms with Crippen LogP contribution in [0.1, 0.15) is 0 Å². The highest BCUT2D eigenvalue weighted by molar-refractivity contribution is 4.78. The van der Waals surface area contributed by atoms with Crippen molar-refractivity contribution < 1.29 is 9.84 Å². The lowest BCUT2D eigenvalue weighted by Crippen LogP contribution is -2.26. The zero-order chi connectivity index (χ0) is 8.53. The molecule has 0 saturated carbocycles. The second-order valence-electron chi connectivity index (χ2n) is 2.08. The highest BCUT2D eigenvalue weighted by atomic mass is 16.6. The molecule has 0 heterocycles. The molecule has 0 aromatic heterocycles. The Kier molecular flexibility index (Phi) is 7.03. The third-order valence-electron chi connectivity index (χ3n) is 1.14. The van der Waals surface area contributed by atoms with E-state index in [1.54, 1.807) is 12.2 Å². The number of nitrogens with zero attached hydrogens (tertiary/aromatic N) is 1. The Morgan fingerprint density at radius 1 is 1.27 bits per heavy atom. The van der Waals surface area contributed by atoms with E-state index < -0.39 is 0 Å². The van der Waals surface area contributed by atoms with Crippen LogP contribution in [0.5, 0.6) is 0 Å². The normalized spacial score (nSPS) is 10.0. The van der Waals surface area contributed by atoms with Crippen molar-refractivity contribution in [2.75, 3.05) is 26.6 Å². The fraction of sp³-hybridized carbons (Fsp3) is 0.500. The second kappa shape index (κ2) is 7.47. The third-order valence-corrected chi connectivity index (χ3v) is 1.14. The van der Waals surface area contributed by atoms with Crippen molar-refractivity contribution >= 4 is 0 Å². The zero-order valence-electron chi connectivity index (χ0n) is 6.70. The molecule has 0 rings (SSSR count). The van der Waals surface area contributed by atoms with Gasteiger partial charge < -0.3 is 9.84 Å². The van der Waals surface area contributed by atoms with Gasteiger partial charge >= 0.3 is 0 Å². The van der Waals surface area contributed by atoms with Crippen molar-refractivity contribution in [1.29, 1.82) is 0 Å². The minimum atomic E-state index is -0.245. The predicted molar refractivity (Wildman–Crippen MR) is 45.0 cm³/mol. The van der Waals surface area contributed by atoms with Crippen LogP contribution in [0.4, 0.5) is 0 Å². The number of aliphatic hydroxyl groups excluding tert-OH is 1. The molecule has 3 heteroatoms. The van der Waals surface area contributed by atoms with Crippen molar-refractivity contribution in [3.05, 3.63) is 25.3 Å². The summed E-state index contributed by atoms with van der Waals surface area (Å²) in [6, 6.07) is 0. The van der Waals surface area contributed by atoms with E-state index in [-0.39, 0.29) is 6.79 Å². The molecule has 0 aromatic rings. The number of rotatable bonds is 7. The number of aliphatic hydroxyl groups is 1. The molecule has 0 aliphatic heterocycles. The van der Waals surface area contributed by atoms with Crippen molar-refractivity contribution in [2.24, 2.45) is 0 Å².